The van der Waals surface area contributed by atoms with E-state index in [1.165, 1.54) is 0 Å². The predicted molar refractivity (Wildman–Crippen MR) is 76.6 cm³/mol. The summed E-state index contributed by atoms with van der Waals surface area (Å²) in [6.45, 7) is 6.21. The van der Waals surface area contributed by atoms with Crippen LogP contribution in [0.3, 0.4) is 0 Å². The summed E-state index contributed by atoms with van der Waals surface area (Å²) in [7, 11) is 0. The van der Waals surface area contributed by atoms with Gasteiger partial charge in [0.05, 0.1) is 6.61 Å². The third kappa shape index (κ3) is 3.70. The first-order valence-electron chi connectivity index (χ1n) is 6.94. The van der Waals surface area contributed by atoms with Gasteiger partial charge in [0.2, 0.25) is 0 Å². The molecule has 1 aromatic carbocycles. The van der Waals surface area contributed by atoms with E-state index < -0.39 is 0 Å². The van der Waals surface area contributed by atoms with Crippen molar-refractivity contribution in [1.82, 2.24) is 5.32 Å². The fourth-order valence-electron chi connectivity index (χ4n) is 2.26. The molecule has 1 fully saturated rings. The maximum Gasteiger partial charge on any atom is 0.251 e. The van der Waals surface area contributed by atoms with Crippen molar-refractivity contribution in [3.05, 3.63) is 29.3 Å². The number of carbonyl (C=O) groups excluding carboxylic acids is 1. The first-order valence-corrected chi connectivity index (χ1v) is 6.94. The van der Waals surface area contributed by atoms with Crippen molar-refractivity contribution in [1.29, 1.82) is 0 Å². The Morgan fingerprint density at radius 1 is 1.47 bits per heavy atom. The molecule has 0 aromatic heterocycles. The number of benzene rings is 1. The minimum atomic E-state index is -0.0227. The zero-order valence-corrected chi connectivity index (χ0v) is 11.7. The van der Waals surface area contributed by atoms with Crippen molar-refractivity contribution < 1.29 is 9.53 Å². The molecule has 1 amide bonds. The number of nitrogens with one attached hydrogen (secondary N) is 2. The van der Waals surface area contributed by atoms with Gasteiger partial charge in [-0.3, -0.25) is 4.79 Å². The maximum atomic E-state index is 11.8. The van der Waals surface area contributed by atoms with Crippen LogP contribution in [0, 0.1) is 6.92 Å². The average Bonchev–Trinajstić information content (AvgIpc) is 2.42. The number of rotatable bonds is 4. The smallest absolute Gasteiger partial charge is 0.251 e. The van der Waals surface area contributed by atoms with Crippen LogP contribution in [-0.4, -0.2) is 31.7 Å². The van der Waals surface area contributed by atoms with Crippen molar-refractivity contribution in [2.45, 2.75) is 32.7 Å². The van der Waals surface area contributed by atoms with Crippen molar-refractivity contribution in [3.8, 4) is 0 Å². The van der Waals surface area contributed by atoms with Crippen molar-refractivity contribution in [3.63, 3.8) is 0 Å². The largest absolute Gasteiger partial charge is 0.380 e. The van der Waals surface area contributed by atoms with Gasteiger partial charge in [-0.2, -0.15) is 0 Å². The molecule has 4 nitrogen and oxygen atoms in total. The summed E-state index contributed by atoms with van der Waals surface area (Å²) in [5.74, 6) is -0.0227. The van der Waals surface area contributed by atoms with E-state index in [9.17, 15) is 4.79 Å². The fraction of sp³-hybridized carbons (Fsp3) is 0.533. The maximum absolute atomic E-state index is 11.8. The highest BCUT2D eigenvalue weighted by Crippen LogP contribution is 2.20. The van der Waals surface area contributed by atoms with Crippen LogP contribution in [0.25, 0.3) is 0 Å². The van der Waals surface area contributed by atoms with Crippen LogP contribution >= 0.6 is 0 Å². The Morgan fingerprint density at radius 2 is 2.32 bits per heavy atom. The standard InChI is InChI=1S/C15H22N2O2/c1-3-16-15(18)12-7-6-11(2)14(9-12)17-13-5-4-8-19-10-13/h6-7,9,13,17H,3-5,8,10H2,1-2H3,(H,16,18). The third-order valence-corrected chi connectivity index (χ3v) is 3.36. The van der Waals surface area contributed by atoms with Gasteiger partial charge in [-0.15, -0.1) is 0 Å². The average molecular weight is 262 g/mol. The second-order valence-corrected chi connectivity index (χ2v) is 4.95. The highest BCUT2D eigenvalue weighted by atomic mass is 16.5. The first kappa shape index (κ1) is 13.9. The van der Waals surface area contributed by atoms with E-state index in [2.05, 4.69) is 10.6 Å². The third-order valence-electron chi connectivity index (χ3n) is 3.36. The summed E-state index contributed by atoms with van der Waals surface area (Å²) in [5, 5.41) is 6.30. The first-order chi connectivity index (χ1) is 9.20. The van der Waals surface area contributed by atoms with E-state index in [0.717, 1.165) is 37.3 Å². The lowest BCUT2D eigenvalue weighted by atomic mass is 10.1. The number of hydrogen-bond acceptors (Lipinski definition) is 3. The van der Waals surface area contributed by atoms with Gasteiger partial charge in [0.15, 0.2) is 0 Å². The Morgan fingerprint density at radius 3 is 3.00 bits per heavy atom. The molecule has 1 aliphatic rings. The van der Waals surface area contributed by atoms with E-state index >= 15 is 0 Å². The fourth-order valence-corrected chi connectivity index (χ4v) is 2.26. The summed E-state index contributed by atoms with van der Waals surface area (Å²) < 4.78 is 5.47. The van der Waals surface area contributed by atoms with Gasteiger partial charge in [0.1, 0.15) is 0 Å². The lowest BCUT2D eigenvalue weighted by molar-refractivity contribution is 0.0876. The van der Waals surface area contributed by atoms with Crippen LogP contribution in [0.2, 0.25) is 0 Å². The highest BCUT2D eigenvalue weighted by Gasteiger charge is 2.15. The lowest BCUT2D eigenvalue weighted by Crippen LogP contribution is -2.30. The molecule has 1 saturated heterocycles. The molecule has 2 rings (SSSR count). The van der Waals surface area contributed by atoms with E-state index in [0.29, 0.717) is 18.2 Å². The lowest BCUT2D eigenvalue weighted by Gasteiger charge is -2.25. The van der Waals surface area contributed by atoms with Crippen molar-refractivity contribution >= 4 is 11.6 Å². The van der Waals surface area contributed by atoms with Crippen LogP contribution in [0.1, 0.15) is 35.7 Å². The monoisotopic (exact) mass is 262 g/mol. The Hall–Kier alpha value is -1.55. The van der Waals surface area contributed by atoms with Gasteiger partial charge in [-0.25, -0.2) is 0 Å². The van der Waals surface area contributed by atoms with Gasteiger partial charge in [-0.1, -0.05) is 6.07 Å². The summed E-state index contributed by atoms with van der Waals surface area (Å²) in [5.41, 5.74) is 2.88. The molecule has 1 heterocycles. The molecule has 19 heavy (non-hydrogen) atoms. The molecule has 104 valence electrons. The minimum absolute atomic E-state index is 0.0227. The summed E-state index contributed by atoms with van der Waals surface area (Å²) in [4.78, 5) is 11.8. The van der Waals surface area contributed by atoms with Crippen molar-refractivity contribution in [2.24, 2.45) is 0 Å². The second-order valence-electron chi connectivity index (χ2n) is 4.95. The number of ether oxygens (including phenoxy) is 1. The number of hydrogen-bond donors (Lipinski definition) is 2. The Labute approximate surface area is 114 Å². The number of anilines is 1. The number of amides is 1. The highest BCUT2D eigenvalue weighted by molar-refractivity contribution is 5.95. The van der Waals surface area contributed by atoms with E-state index in [1.807, 2.05) is 32.0 Å². The predicted octanol–water partition coefficient (Wildman–Crippen LogP) is 2.34. The molecule has 0 saturated carbocycles. The molecular weight excluding hydrogens is 240 g/mol. The Balaban J connectivity index is 2.10. The normalized spacial score (nSPS) is 18.9. The molecule has 4 heteroatoms. The zero-order valence-electron chi connectivity index (χ0n) is 11.7. The number of carbonyl (C=O) groups is 1. The molecule has 0 radical (unpaired) electrons. The SMILES string of the molecule is CCNC(=O)c1ccc(C)c(NC2CCCOC2)c1. The molecule has 1 atom stereocenters. The van der Waals surface area contributed by atoms with Crippen LogP contribution in [0.15, 0.2) is 18.2 Å². The van der Waals surface area contributed by atoms with Crippen LogP contribution in [-0.2, 0) is 4.74 Å². The molecular formula is C15H22N2O2. The number of aryl methyl sites for hydroxylation is 1. The van der Waals surface area contributed by atoms with Crippen LogP contribution in [0.5, 0.6) is 0 Å². The quantitative estimate of drug-likeness (QED) is 0.875. The summed E-state index contributed by atoms with van der Waals surface area (Å²) in [6, 6.07) is 6.12. The van der Waals surface area contributed by atoms with Gasteiger partial charge < -0.3 is 15.4 Å². The molecule has 1 aliphatic heterocycles. The minimum Gasteiger partial charge on any atom is -0.380 e. The second kappa shape index (κ2) is 6.57. The van der Waals surface area contributed by atoms with E-state index in [4.69, 9.17) is 4.74 Å². The molecule has 2 N–H and O–H groups in total. The van der Waals surface area contributed by atoms with Crippen LogP contribution < -0.4 is 10.6 Å². The molecule has 1 aromatic rings. The molecule has 0 bridgehead atoms. The molecule has 1 unspecified atom stereocenters. The Kier molecular flexibility index (Phi) is 4.80. The Bertz CT molecular complexity index is 440. The summed E-state index contributed by atoms with van der Waals surface area (Å²) in [6.07, 6.45) is 2.21. The van der Waals surface area contributed by atoms with E-state index in [1.54, 1.807) is 0 Å². The topological polar surface area (TPSA) is 50.4 Å². The van der Waals surface area contributed by atoms with Crippen molar-refractivity contribution in [2.75, 3.05) is 25.1 Å². The van der Waals surface area contributed by atoms with E-state index in [-0.39, 0.29) is 5.91 Å². The van der Waals surface area contributed by atoms with Crippen LogP contribution in [0.4, 0.5) is 5.69 Å². The van der Waals surface area contributed by atoms with Gasteiger partial charge in [-0.05, 0) is 44.4 Å². The van der Waals surface area contributed by atoms with Gasteiger partial charge >= 0.3 is 0 Å². The molecule has 0 aliphatic carbocycles. The molecule has 0 spiro atoms. The van der Waals surface area contributed by atoms with Gasteiger partial charge in [0.25, 0.3) is 5.91 Å². The summed E-state index contributed by atoms with van der Waals surface area (Å²) >= 11 is 0. The van der Waals surface area contributed by atoms with Gasteiger partial charge in [0, 0.05) is 30.4 Å². The zero-order chi connectivity index (χ0) is 13.7.